The molecule has 10 nitrogen and oxygen atoms in total. The number of halogens is 3. The number of benzene rings is 2. The van der Waals surface area contributed by atoms with Gasteiger partial charge in [0.2, 0.25) is 0 Å². The van der Waals surface area contributed by atoms with Crippen molar-refractivity contribution in [2.45, 2.75) is 69.1 Å². The number of nitrogens with two attached hydrogens (primary N) is 1. The summed E-state index contributed by atoms with van der Waals surface area (Å²) in [5.74, 6) is 0.0590. The highest BCUT2D eigenvalue weighted by Gasteiger charge is 2.50. The largest absolute Gasteiger partial charge is 0.461 e. The molecule has 4 atom stereocenters. The average molecular weight is 718 g/mol. The molecule has 2 aromatic heterocycles. The summed E-state index contributed by atoms with van der Waals surface area (Å²) < 4.78 is 65.5. The van der Waals surface area contributed by atoms with Crippen molar-refractivity contribution in [2.24, 2.45) is 5.92 Å². The number of fused-ring (bicyclic) bond motifs is 7. The molecular formula is C37H38F3N7O3S. The summed E-state index contributed by atoms with van der Waals surface area (Å²) in [6.07, 6.45) is 3.24. The highest BCUT2D eigenvalue weighted by molar-refractivity contribution is 7.23. The van der Waals surface area contributed by atoms with Gasteiger partial charge in [0.05, 0.1) is 47.6 Å². The van der Waals surface area contributed by atoms with Gasteiger partial charge in [-0.1, -0.05) is 6.07 Å². The van der Waals surface area contributed by atoms with E-state index in [9.17, 15) is 9.65 Å². The number of nitriles is 1. The molecule has 5 saturated heterocycles. The van der Waals surface area contributed by atoms with Gasteiger partial charge < -0.3 is 24.8 Å². The molecule has 14 heteroatoms. The second-order valence-corrected chi connectivity index (χ2v) is 16.3. The number of likely N-dealkylation sites (tertiary alicyclic amines) is 1. The van der Waals surface area contributed by atoms with Crippen LogP contribution in [0.3, 0.4) is 0 Å². The van der Waals surface area contributed by atoms with E-state index in [0.717, 1.165) is 82.0 Å². The standard InChI is InChI=1S/C37H38F3N7O3S/c38-20-8-37(6-1-7-46(37)11-20)18-50-36-43-32-30(35(44-36)47-21-2-3-22(47)13-45(12-21)10-19-14-48-15-19)26-17-49-16-25(26)28(31(32)40)23-4-5-27(39)33-29(23)24(9-41)34(42)51-33/h4-5,19-22H,1-3,6-8,10-18,42H2/t20-,21?,22?,37+/m1/s1. The minimum Gasteiger partial charge on any atom is -0.461 e. The first-order chi connectivity index (χ1) is 24.8. The summed E-state index contributed by atoms with van der Waals surface area (Å²) >= 11 is 0.980. The van der Waals surface area contributed by atoms with Gasteiger partial charge in [0.25, 0.3) is 0 Å². The van der Waals surface area contributed by atoms with Gasteiger partial charge in [-0.2, -0.15) is 15.2 Å². The Balaban J connectivity index is 1.14. The number of alkyl halides is 1. The van der Waals surface area contributed by atoms with Crippen molar-refractivity contribution in [1.29, 1.82) is 5.26 Å². The quantitative estimate of drug-likeness (QED) is 0.262. The van der Waals surface area contributed by atoms with Crippen molar-refractivity contribution >= 4 is 43.1 Å². The van der Waals surface area contributed by atoms with Crippen LogP contribution in [-0.2, 0) is 22.7 Å². The van der Waals surface area contributed by atoms with Crippen LogP contribution in [0.4, 0.5) is 24.0 Å². The number of thiophene rings is 1. The van der Waals surface area contributed by atoms with Crippen LogP contribution in [-0.4, -0.2) is 96.1 Å². The predicted octanol–water partition coefficient (Wildman–Crippen LogP) is 5.53. The molecule has 0 saturated carbocycles. The monoisotopic (exact) mass is 717 g/mol. The lowest BCUT2D eigenvalue weighted by Gasteiger charge is -2.44. The van der Waals surface area contributed by atoms with E-state index in [0.29, 0.717) is 41.2 Å². The lowest BCUT2D eigenvalue weighted by molar-refractivity contribution is -0.0484. The number of aromatic nitrogens is 2. The summed E-state index contributed by atoms with van der Waals surface area (Å²) in [6.45, 7) is 6.13. The van der Waals surface area contributed by atoms with Crippen molar-refractivity contribution < 1.29 is 27.4 Å². The Kier molecular flexibility index (Phi) is 7.45. The van der Waals surface area contributed by atoms with Crippen LogP contribution in [0.1, 0.15) is 48.8 Å². The van der Waals surface area contributed by atoms with Crippen LogP contribution in [0.15, 0.2) is 12.1 Å². The molecule has 51 heavy (non-hydrogen) atoms. The fourth-order valence-corrected chi connectivity index (χ4v) is 10.9. The summed E-state index contributed by atoms with van der Waals surface area (Å²) in [7, 11) is 0. The van der Waals surface area contributed by atoms with Crippen molar-refractivity contribution in [3.63, 3.8) is 0 Å². The number of rotatable bonds is 7. The Labute approximate surface area is 296 Å². The highest BCUT2D eigenvalue weighted by Crippen LogP contribution is 2.49. The molecular weight excluding hydrogens is 680 g/mol. The zero-order valence-corrected chi connectivity index (χ0v) is 28.9. The van der Waals surface area contributed by atoms with E-state index in [2.05, 4.69) is 20.8 Å². The maximum atomic E-state index is 17.6. The smallest absolute Gasteiger partial charge is 0.319 e. The molecule has 6 aliphatic rings. The first-order valence-corrected chi connectivity index (χ1v) is 18.8. The third kappa shape index (κ3) is 4.88. The summed E-state index contributed by atoms with van der Waals surface area (Å²) in [6, 6.07) is 5.32. The molecule has 2 unspecified atom stereocenters. The second-order valence-electron chi connectivity index (χ2n) is 15.2. The number of piperazine rings is 1. The highest BCUT2D eigenvalue weighted by atomic mass is 32.1. The molecule has 0 spiro atoms. The minimum atomic E-state index is -0.917. The Morgan fingerprint density at radius 1 is 1.06 bits per heavy atom. The average Bonchev–Trinajstić information content (AvgIpc) is 3.90. The van der Waals surface area contributed by atoms with Crippen LogP contribution in [0.2, 0.25) is 0 Å². The molecule has 0 aliphatic carbocycles. The number of hydrogen-bond acceptors (Lipinski definition) is 11. The third-order valence-corrected chi connectivity index (χ3v) is 13.2. The summed E-state index contributed by atoms with van der Waals surface area (Å²) in [5.41, 5.74) is 7.97. The minimum absolute atomic E-state index is 0.0555. The van der Waals surface area contributed by atoms with Crippen LogP contribution >= 0.6 is 11.3 Å². The van der Waals surface area contributed by atoms with Crippen molar-refractivity contribution in [1.82, 2.24) is 19.8 Å². The summed E-state index contributed by atoms with van der Waals surface area (Å²) in [4.78, 5) is 16.9. The van der Waals surface area contributed by atoms with Gasteiger partial charge in [-0.05, 0) is 55.0 Å². The number of anilines is 2. The molecule has 5 fully saturated rings. The van der Waals surface area contributed by atoms with Crippen molar-refractivity contribution in [3.05, 3.63) is 40.5 Å². The van der Waals surface area contributed by atoms with E-state index in [-0.39, 0.29) is 69.6 Å². The fraction of sp³-hybridized carbons (Fsp3) is 0.541. The lowest BCUT2D eigenvalue weighted by Crippen LogP contribution is -2.56. The number of nitrogens with zero attached hydrogens (tertiary/aromatic N) is 6. The Morgan fingerprint density at radius 3 is 2.63 bits per heavy atom. The van der Waals surface area contributed by atoms with Crippen molar-refractivity contribution in [3.8, 4) is 23.2 Å². The molecule has 2 aromatic carbocycles. The first-order valence-electron chi connectivity index (χ1n) is 18.0. The van der Waals surface area contributed by atoms with Gasteiger partial charge in [-0.3, -0.25) is 9.80 Å². The molecule has 8 heterocycles. The normalized spacial score (nSPS) is 27.7. The zero-order chi connectivity index (χ0) is 34.6. The molecule has 6 aliphatic heterocycles. The topological polar surface area (TPSA) is 113 Å². The first kappa shape index (κ1) is 32.0. The molecule has 10 rings (SSSR count). The molecule has 0 radical (unpaired) electrons. The van der Waals surface area contributed by atoms with Gasteiger partial charge in [0.1, 0.15) is 41.0 Å². The Morgan fingerprint density at radius 2 is 1.86 bits per heavy atom. The maximum absolute atomic E-state index is 17.6. The maximum Gasteiger partial charge on any atom is 0.319 e. The molecule has 2 bridgehead atoms. The second kappa shape index (κ2) is 11.9. The van der Waals surface area contributed by atoms with Gasteiger partial charge in [0, 0.05) is 61.6 Å². The molecule has 0 amide bonds. The summed E-state index contributed by atoms with van der Waals surface area (Å²) in [5, 5.41) is 11.1. The lowest BCUT2D eigenvalue weighted by atomic mass is 9.90. The van der Waals surface area contributed by atoms with E-state index < -0.39 is 23.3 Å². The molecule has 266 valence electrons. The molecule has 2 N–H and O–H groups in total. The predicted molar refractivity (Wildman–Crippen MR) is 186 cm³/mol. The van der Waals surface area contributed by atoms with E-state index in [1.807, 2.05) is 0 Å². The number of ether oxygens (including phenoxy) is 3. The Bertz CT molecular complexity index is 2120. The third-order valence-electron chi connectivity index (χ3n) is 12.2. The zero-order valence-electron chi connectivity index (χ0n) is 28.1. The van der Waals surface area contributed by atoms with Crippen LogP contribution in [0, 0.1) is 28.9 Å². The van der Waals surface area contributed by atoms with Crippen LogP contribution < -0.4 is 15.4 Å². The van der Waals surface area contributed by atoms with E-state index in [4.69, 9.17) is 29.9 Å². The Hall–Kier alpha value is -3.74. The van der Waals surface area contributed by atoms with Crippen molar-refractivity contribution in [2.75, 3.05) is 63.2 Å². The fourth-order valence-electron chi connectivity index (χ4n) is 9.92. The van der Waals surface area contributed by atoms with E-state index in [1.54, 1.807) is 0 Å². The van der Waals surface area contributed by atoms with Crippen LogP contribution in [0.25, 0.3) is 32.1 Å². The van der Waals surface area contributed by atoms with Gasteiger partial charge in [-0.15, -0.1) is 11.3 Å². The van der Waals surface area contributed by atoms with Gasteiger partial charge in [-0.25, -0.2) is 13.2 Å². The van der Waals surface area contributed by atoms with Gasteiger partial charge in [0.15, 0.2) is 5.82 Å². The van der Waals surface area contributed by atoms with E-state index in [1.165, 1.54) is 12.1 Å². The number of nitrogen functional groups attached to an aromatic ring is 1. The van der Waals surface area contributed by atoms with Crippen LogP contribution in [0.5, 0.6) is 6.01 Å². The number of hydrogen-bond donors (Lipinski definition) is 1. The van der Waals surface area contributed by atoms with E-state index >= 15 is 8.78 Å². The van der Waals surface area contributed by atoms with Gasteiger partial charge >= 0.3 is 6.01 Å². The SMILES string of the molecule is N#Cc1c(N)sc2c(F)ccc(-c3c4c(c5c(N6C7CCC6CN(CC6COC6)C7)nc(OC[C@@]67CCCN6C[C@H](F)C7)nc5c3F)COC4)c12. The molecule has 4 aromatic rings.